The predicted molar refractivity (Wildman–Crippen MR) is 231 cm³/mol. The Hall–Kier alpha value is -4.67. The first-order valence-corrected chi connectivity index (χ1v) is 21.5. The fourth-order valence-electron chi connectivity index (χ4n) is 8.46. The molecule has 19 heteroatoms. The Bertz CT molecular complexity index is 2170. The number of hydrogen-bond donors (Lipinski definition) is 5. The van der Waals surface area contributed by atoms with E-state index in [0.29, 0.717) is 27.7 Å². The average Bonchev–Trinajstić information content (AvgIpc) is 3.92. The van der Waals surface area contributed by atoms with Crippen LogP contribution in [0.4, 0.5) is 22.0 Å². The minimum Gasteiger partial charge on any atom is -0.352 e. The van der Waals surface area contributed by atoms with Crippen LogP contribution in [0, 0.1) is 17.7 Å². The van der Waals surface area contributed by atoms with Crippen LogP contribution in [0.2, 0.25) is 0 Å². The Labute approximate surface area is 359 Å². The van der Waals surface area contributed by atoms with Gasteiger partial charge in [-0.05, 0) is 75.3 Å². The van der Waals surface area contributed by atoms with E-state index in [1.165, 1.54) is 18.2 Å². The zero-order valence-electron chi connectivity index (χ0n) is 36.2. The molecule has 2 aromatic heterocycles. The lowest BCUT2D eigenvalue weighted by Crippen LogP contribution is -2.56. The molecule has 6 rings (SSSR count). The number of aromatic amines is 1. The number of halogens is 5. The molecular formula is C43H57F5N9O4P. The van der Waals surface area contributed by atoms with Gasteiger partial charge >= 0.3 is 0 Å². The summed E-state index contributed by atoms with van der Waals surface area (Å²) in [6, 6.07) is 3.66. The number of likely N-dealkylation sites (tertiary alicyclic amines) is 2. The molecule has 2 fully saturated rings. The van der Waals surface area contributed by atoms with Gasteiger partial charge in [-0.2, -0.15) is 0 Å². The number of imidazole rings is 1. The van der Waals surface area contributed by atoms with Crippen LogP contribution in [-0.2, 0) is 32.1 Å². The number of nitrogens with one attached hydrogen (secondary N) is 5. The number of fused-ring (bicyclic) bond motifs is 2. The number of amides is 4. The topological polar surface area (TPSA) is 156 Å². The monoisotopic (exact) mass is 889 g/mol. The van der Waals surface area contributed by atoms with Crippen LogP contribution >= 0.6 is 9.24 Å². The summed E-state index contributed by atoms with van der Waals surface area (Å²) < 4.78 is 78.5. The molecule has 5 N–H and O–H groups in total. The largest absolute Gasteiger partial charge is 0.352 e. The quantitative estimate of drug-likeness (QED) is 0.0880. The van der Waals surface area contributed by atoms with Gasteiger partial charge in [-0.15, -0.1) is 9.24 Å². The summed E-state index contributed by atoms with van der Waals surface area (Å²) in [5.74, 6) is -10.1. The van der Waals surface area contributed by atoms with Gasteiger partial charge in [0.25, 0.3) is 11.8 Å². The summed E-state index contributed by atoms with van der Waals surface area (Å²) in [5.41, 5.74) is 1.99. The molecule has 338 valence electrons. The van der Waals surface area contributed by atoms with Crippen molar-refractivity contribution in [1.29, 1.82) is 0 Å². The van der Waals surface area contributed by atoms with Crippen molar-refractivity contribution in [3.63, 3.8) is 0 Å². The van der Waals surface area contributed by atoms with Crippen molar-refractivity contribution in [2.75, 3.05) is 27.2 Å². The number of alkyl halides is 4. The number of hydrogen-bond acceptors (Lipinski definition) is 7. The molecule has 4 aromatic rings. The maximum absolute atomic E-state index is 15.5. The van der Waals surface area contributed by atoms with Crippen LogP contribution in [0.5, 0.6) is 0 Å². The zero-order chi connectivity index (χ0) is 45.6. The van der Waals surface area contributed by atoms with Gasteiger partial charge in [0.1, 0.15) is 17.9 Å². The molecule has 2 aromatic carbocycles. The molecule has 2 aliphatic rings. The number of aromatic nitrogens is 3. The Morgan fingerprint density at radius 3 is 1.87 bits per heavy atom. The van der Waals surface area contributed by atoms with Crippen molar-refractivity contribution in [2.24, 2.45) is 11.8 Å². The van der Waals surface area contributed by atoms with Crippen molar-refractivity contribution in [3.8, 4) is 11.5 Å². The second-order valence-electron chi connectivity index (χ2n) is 17.5. The van der Waals surface area contributed by atoms with Gasteiger partial charge in [-0.25, -0.2) is 26.9 Å². The number of likely N-dealkylation sites (N-methyl/N-ethyl adjacent to an activating group) is 2. The standard InChI is InChI=1S/C43H57F5N9O4P/c1-21(2)34(53-38(58)23(5)49-7)40(60)56-19-42(45,46)16-26(56)14-30-29-11-10-28(62)15-31(29)51-36(30)37-52-32-13-25(44)9-12-33(32)55(37)18-27-17-43(47,48)20-57(27)41(61)35(22(3)4)54-39(59)24(6)50-8/h9-13,15,21-24,26-27,34-35,49-51H,14,16-20,62H2,1-8H3,(H,53,58)(H,54,59)/t23-,24-,26+,27-,34-,35-/m0/s1. The van der Waals surface area contributed by atoms with E-state index in [1.807, 2.05) is 18.2 Å². The Morgan fingerprint density at radius 2 is 1.34 bits per heavy atom. The van der Waals surface area contributed by atoms with Gasteiger partial charge in [-0.3, -0.25) is 19.2 Å². The highest BCUT2D eigenvalue weighted by molar-refractivity contribution is 7.27. The fraction of sp³-hybridized carbons (Fsp3) is 0.558. The SMILES string of the molecule is CN[C@@H](C)C(=O)N[C@H](C(=O)N1CC(F)(F)C[C@H]1Cc1c(-c2nc3cc(F)ccc3n2C[C@@H]2CC(F)(F)CN2C(=O)[C@@H](NC(=O)[C@H](C)NC)C(C)C)[nH]c2cc(P)ccc12)C(C)C. The molecule has 0 spiro atoms. The number of carbonyl (C=O) groups is 4. The molecular weight excluding hydrogens is 832 g/mol. The summed E-state index contributed by atoms with van der Waals surface area (Å²) in [4.78, 5) is 64.7. The van der Waals surface area contributed by atoms with E-state index in [2.05, 4.69) is 35.5 Å². The molecule has 2 aliphatic heterocycles. The van der Waals surface area contributed by atoms with E-state index in [-0.39, 0.29) is 24.3 Å². The number of nitrogens with zero attached hydrogens (tertiary/aromatic N) is 4. The molecule has 0 saturated carbocycles. The fourth-order valence-corrected chi connectivity index (χ4v) is 8.72. The molecule has 13 nitrogen and oxygen atoms in total. The predicted octanol–water partition coefficient (Wildman–Crippen LogP) is 4.34. The lowest BCUT2D eigenvalue weighted by molar-refractivity contribution is -0.140. The average molecular weight is 890 g/mol. The molecule has 4 amide bonds. The third-order valence-electron chi connectivity index (χ3n) is 12.1. The number of benzene rings is 2. The lowest BCUT2D eigenvalue weighted by Gasteiger charge is -2.32. The molecule has 0 radical (unpaired) electrons. The number of carbonyl (C=O) groups excluding carboxylic acids is 4. The molecule has 2 saturated heterocycles. The number of rotatable bonds is 15. The van der Waals surface area contributed by atoms with Gasteiger partial charge in [0.2, 0.25) is 23.6 Å². The molecule has 62 heavy (non-hydrogen) atoms. The second kappa shape index (κ2) is 18.2. The molecule has 7 atom stereocenters. The Morgan fingerprint density at radius 1 is 0.806 bits per heavy atom. The third-order valence-corrected chi connectivity index (χ3v) is 12.5. The van der Waals surface area contributed by atoms with Gasteiger partial charge in [0, 0.05) is 42.4 Å². The first-order chi connectivity index (χ1) is 29.0. The van der Waals surface area contributed by atoms with Crippen LogP contribution < -0.4 is 26.6 Å². The highest BCUT2D eigenvalue weighted by Crippen LogP contribution is 2.40. The molecule has 4 heterocycles. The van der Waals surface area contributed by atoms with Crippen molar-refractivity contribution in [1.82, 2.24) is 45.6 Å². The van der Waals surface area contributed by atoms with Gasteiger partial charge < -0.3 is 40.6 Å². The van der Waals surface area contributed by atoms with E-state index in [0.717, 1.165) is 15.1 Å². The summed E-state index contributed by atoms with van der Waals surface area (Å²) in [7, 11) is 5.77. The maximum atomic E-state index is 15.5. The van der Waals surface area contributed by atoms with Crippen molar-refractivity contribution >= 4 is 60.1 Å². The van der Waals surface area contributed by atoms with E-state index in [4.69, 9.17) is 4.98 Å². The van der Waals surface area contributed by atoms with E-state index < -0.39 is 115 Å². The zero-order valence-corrected chi connectivity index (χ0v) is 37.4. The third kappa shape index (κ3) is 9.76. The first kappa shape index (κ1) is 46.8. The molecule has 1 unspecified atom stereocenters. The van der Waals surface area contributed by atoms with Crippen LogP contribution in [0.1, 0.15) is 59.9 Å². The number of H-pyrrole nitrogens is 1. The van der Waals surface area contributed by atoms with Gasteiger partial charge in [0.05, 0.1) is 47.9 Å². The minimum absolute atomic E-state index is 0.0942. The van der Waals surface area contributed by atoms with E-state index >= 15 is 17.6 Å². The van der Waals surface area contributed by atoms with Gasteiger partial charge in [0.15, 0.2) is 5.82 Å². The van der Waals surface area contributed by atoms with E-state index in [1.54, 1.807) is 60.2 Å². The van der Waals surface area contributed by atoms with Crippen molar-refractivity contribution in [3.05, 3.63) is 47.8 Å². The lowest BCUT2D eigenvalue weighted by atomic mass is 9.97. The first-order valence-electron chi connectivity index (χ1n) is 20.9. The summed E-state index contributed by atoms with van der Waals surface area (Å²) in [6.45, 7) is 8.11. The highest BCUT2D eigenvalue weighted by Gasteiger charge is 2.51. The summed E-state index contributed by atoms with van der Waals surface area (Å²) >= 11 is 0. The summed E-state index contributed by atoms with van der Waals surface area (Å²) in [6.07, 6.45) is -1.48. The second-order valence-corrected chi connectivity index (χ2v) is 18.2. The van der Waals surface area contributed by atoms with Gasteiger partial charge in [-0.1, -0.05) is 39.8 Å². The smallest absolute Gasteiger partial charge is 0.267 e. The van der Waals surface area contributed by atoms with Crippen molar-refractivity contribution < 1.29 is 41.1 Å². The summed E-state index contributed by atoms with van der Waals surface area (Å²) in [5, 5.41) is 12.5. The Balaban J connectivity index is 1.44. The molecule has 0 bridgehead atoms. The molecule has 0 aliphatic carbocycles. The van der Waals surface area contributed by atoms with Crippen LogP contribution in [-0.4, -0.2) is 123 Å². The highest BCUT2D eigenvalue weighted by atomic mass is 31.0. The maximum Gasteiger partial charge on any atom is 0.267 e. The Kier molecular flexibility index (Phi) is 13.7. The van der Waals surface area contributed by atoms with Crippen LogP contribution in [0.3, 0.4) is 0 Å². The van der Waals surface area contributed by atoms with Crippen molar-refractivity contribution in [2.45, 2.75) is 115 Å². The van der Waals surface area contributed by atoms with Crippen LogP contribution in [0.15, 0.2) is 36.4 Å². The minimum atomic E-state index is -3.28. The van der Waals surface area contributed by atoms with Crippen LogP contribution in [0.25, 0.3) is 33.5 Å². The van der Waals surface area contributed by atoms with E-state index in [9.17, 15) is 23.6 Å². The normalized spacial score (nSPS) is 20.6.